The molecule has 2 amide bonds. The summed E-state index contributed by atoms with van der Waals surface area (Å²) in [4.78, 5) is 24.8. The van der Waals surface area contributed by atoms with E-state index < -0.39 is 0 Å². The fraction of sp³-hybridized carbons (Fsp3) is 0.500. The first-order chi connectivity index (χ1) is 9.61. The van der Waals surface area contributed by atoms with Crippen molar-refractivity contribution in [1.29, 1.82) is 0 Å². The van der Waals surface area contributed by atoms with Gasteiger partial charge in [0, 0.05) is 25.3 Å². The molecule has 0 spiro atoms. The molecule has 0 aromatic heterocycles. The maximum absolute atomic E-state index is 11.8. The normalized spacial score (nSPS) is 19.6. The van der Waals surface area contributed by atoms with Crippen LogP contribution in [-0.2, 0) is 14.3 Å². The molecule has 0 saturated heterocycles. The molecule has 0 fully saturated rings. The Balaban J connectivity index is 0.00000172. The predicted molar refractivity (Wildman–Crippen MR) is 81.2 cm³/mol. The Morgan fingerprint density at radius 1 is 1.00 bits per heavy atom. The predicted octanol–water partition coefficient (Wildman–Crippen LogP) is 2.87. The van der Waals surface area contributed by atoms with Crippen LogP contribution in [0.15, 0.2) is 36.5 Å². The smallest absolute Gasteiger partial charge is 0.253 e. The Morgan fingerprint density at radius 2 is 1.50 bits per heavy atom. The summed E-state index contributed by atoms with van der Waals surface area (Å²) in [5.41, 5.74) is 0. The first kappa shape index (κ1) is 18.3. The molecule has 4 nitrogen and oxygen atoms in total. The number of hydrogen-bond acceptors (Lipinski definition) is 3. The topological polar surface area (TPSA) is 46.6 Å². The van der Waals surface area contributed by atoms with Crippen LogP contribution in [0.2, 0.25) is 0 Å². The quantitative estimate of drug-likeness (QED) is 0.574. The maximum Gasteiger partial charge on any atom is 0.253 e. The molecule has 0 atom stereocenters. The average molecular weight is 279 g/mol. The van der Waals surface area contributed by atoms with Crippen molar-refractivity contribution in [1.82, 2.24) is 4.90 Å². The number of carbonyl (C=O) groups excluding carboxylic acids is 2. The summed E-state index contributed by atoms with van der Waals surface area (Å²) in [6.45, 7) is 8.82. The van der Waals surface area contributed by atoms with Gasteiger partial charge < -0.3 is 4.74 Å². The van der Waals surface area contributed by atoms with Crippen molar-refractivity contribution in [2.45, 2.75) is 40.2 Å². The van der Waals surface area contributed by atoms with E-state index in [1.54, 1.807) is 24.3 Å². The zero-order chi connectivity index (χ0) is 15.4. The van der Waals surface area contributed by atoms with Crippen LogP contribution < -0.4 is 0 Å². The van der Waals surface area contributed by atoms with Crippen LogP contribution in [0.1, 0.15) is 34.1 Å². The number of imide groups is 1. The highest BCUT2D eigenvalue weighted by Gasteiger charge is 2.16. The van der Waals surface area contributed by atoms with E-state index in [2.05, 4.69) is 0 Å². The second-order valence-electron chi connectivity index (χ2n) is 4.20. The molecular weight excluding hydrogens is 254 g/mol. The fourth-order valence-electron chi connectivity index (χ4n) is 1.45. The summed E-state index contributed by atoms with van der Waals surface area (Å²) >= 11 is 0. The molecule has 0 unspecified atom stereocenters. The van der Waals surface area contributed by atoms with E-state index >= 15 is 0 Å². The van der Waals surface area contributed by atoms with Crippen LogP contribution in [0, 0.1) is 0 Å². The van der Waals surface area contributed by atoms with Crippen molar-refractivity contribution in [3.63, 3.8) is 0 Å². The van der Waals surface area contributed by atoms with Crippen LogP contribution >= 0.6 is 0 Å². The third-order valence-corrected chi connectivity index (χ3v) is 2.32. The van der Waals surface area contributed by atoms with Crippen molar-refractivity contribution in [3.05, 3.63) is 36.5 Å². The Labute approximate surface area is 121 Å². The number of ether oxygens (including phenoxy) is 1. The van der Waals surface area contributed by atoms with Gasteiger partial charge in [0.25, 0.3) is 11.8 Å². The van der Waals surface area contributed by atoms with Gasteiger partial charge in [-0.3, -0.25) is 14.5 Å². The highest BCUT2D eigenvalue weighted by molar-refractivity contribution is 6.05. The third kappa shape index (κ3) is 7.69. The van der Waals surface area contributed by atoms with Gasteiger partial charge in [-0.25, -0.2) is 0 Å². The highest BCUT2D eigenvalue weighted by atomic mass is 16.5. The van der Waals surface area contributed by atoms with Crippen LogP contribution in [0.5, 0.6) is 0 Å². The van der Waals surface area contributed by atoms with Crippen molar-refractivity contribution in [2.75, 3.05) is 13.2 Å². The fourth-order valence-corrected chi connectivity index (χ4v) is 1.45. The van der Waals surface area contributed by atoms with Gasteiger partial charge in [-0.15, -0.1) is 0 Å². The van der Waals surface area contributed by atoms with Crippen molar-refractivity contribution in [2.24, 2.45) is 0 Å². The molecule has 1 aliphatic heterocycles. The third-order valence-electron chi connectivity index (χ3n) is 2.32. The molecular formula is C16H25NO3. The molecule has 0 radical (unpaired) electrons. The number of carbonyl (C=O) groups is 2. The monoisotopic (exact) mass is 279 g/mol. The van der Waals surface area contributed by atoms with E-state index in [0.717, 1.165) is 0 Å². The van der Waals surface area contributed by atoms with E-state index in [1.165, 1.54) is 17.1 Å². The van der Waals surface area contributed by atoms with Crippen molar-refractivity contribution >= 4 is 11.8 Å². The molecule has 0 saturated carbocycles. The SMILES string of the molecule is CC.CC(C)OCCCN1C(=O)/C=C/C=C\C=C\C1=O. The number of allylic oxidation sites excluding steroid dienone is 4. The molecule has 0 bridgehead atoms. The Bertz CT molecular complexity index is 353. The van der Waals surface area contributed by atoms with E-state index in [1.807, 2.05) is 27.7 Å². The largest absolute Gasteiger partial charge is 0.379 e. The van der Waals surface area contributed by atoms with E-state index in [0.29, 0.717) is 19.6 Å². The van der Waals surface area contributed by atoms with Gasteiger partial charge in [0.05, 0.1) is 6.10 Å². The van der Waals surface area contributed by atoms with Gasteiger partial charge in [-0.1, -0.05) is 38.2 Å². The number of amides is 2. The lowest BCUT2D eigenvalue weighted by atomic mass is 10.3. The van der Waals surface area contributed by atoms with E-state index in [-0.39, 0.29) is 17.9 Å². The standard InChI is InChI=1S/C14H19NO3.C2H6/c1-12(2)18-11-7-10-15-13(16)8-5-3-4-6-9-14(15)17;1-2/h3-6,8-9,12H,7,10-11H2,1-2H3;1-2H3/b4-3-,8-5+,9-6+;. The number of rotatable bonds is 5. The summed E-state index contributed by atoms with van der Waals surface area (Å²) in [6.07, 6.45) is 10.3. The molecule has 0 N–H and O–H groups in total. The van der Waals surface area contributed by atoms with Crippen LogP contribution in [0.25, 0.3) is 0 Å². The minimum Gasteiger partial charge on any atom is -0.379 e. The molecule has 112 valence electrons. The zero-order valence-electron chi connectivity index (χ0n) is 12.8. The number of nitrogens with zero attached hydrogens (tertiary/aromatic N) is 1. The second kappa shape index (κ2) is 11.2. The molecule has 20 heavy (non-hydrogen) atoms. The lowest BCUT2D eigenvalue weighted by Crippen LogP contribution is -2.35. The van der Waals surface area contributed by atoms with Gasteiger partial charge in [0.1, 0.15) is 0 Å². The summed E-state index contributed by atoms with van der Waals surface area (Å²) in [7, 11) is 0. The molecule has 0 aliphatic carbocycles. The van der Waals surface area contributed by atoms with Crippen LogP contribution in [-0.4, -0.2) is 36.0 Å². The lowest BCUT2D eigenvalue weighted by molar-refractivity contribution is -0.138. The highest BCUT2D eigenvalue weighted by Crippen LogP contribution is 2.01. The average Bonchev–Trinajstić information content (AvgIpc) is 2.50. The van der Waals surface area contributed by atoms with E-state index in [4.69, 9.17) is 4.74 Å². The van der Waals surface area contributed by atoms with Crippen LogP contribution in [0.3, 0.4) is 0 Å². The first-order valence-corrected chi connectivity index (χ1v) is 7.09. The molecule has 0 aromatic carbocycles. The van der Waals surface area contributed by atoms with Gasteiger partial charge >= 0.3 is 0 Å². The Kier molecular flexibility index (Phi) is 10.2. The molecule has 1 rings (SSSR count). The zero-order valence-corrected chi connectivity index (χ0v) is 12.8. The van der Waals surface area contributed by atoms with Crippen LogP contribution in [0.4, 0.5) is 0 Å². The lowest BCUT2D eigenvalue weighted by Gasteiger charge is -2.17. The number of hydrogen-bond donors (Lipinski definition) is 0. The minimum atomic E-state index is -0.291. The summed E-state index contributed by atoms with van der Waals surface area (Å²) in [6, 6.07) is 0. The molecule has 0 aromatic rings. The van der Waals surface area contributed by atoms with Gasteiger partial charge in [0.15, 0.2) is 0 Å². The van der Waals surface area contributed by atoms with Crippen molar-refractivity contribution in [3.8, 4) is 0 Å². The van der Waals surface area contributed by atoms with Crippen molar-refractivity contribution < 1.29 is 14.3 Å². The second-order valence-corrected chi connectivity index (χ2v) is 4.20. The summed E-state index contributed by atoms with van der Waals surface area (Å²) in [5, 5.41) is 0. The Morgan fingerprint density at radius 3 is 1.95 bits per heavy atom. The summed E-state index contributed by atoms with van der Waals surface area (Å²) in [5.74, 6) is -0.582. The molecule has 1 aliphatic rings. The first-order valence-electron chi connectivity index (χ1n) is 7.09. The Hall–Kier alpha value is -1.68. The molecule has 1 heterocycles. The van der Waals surface area contributed by atoms with Gasteiger partial charge in [-0.05, 0) is 20.3 Å². The maximum atomic E-state index is 11.8. The summed E-state index contributed by atoms with van der Waals surface area (Å²) < 4.78 is 5.39. The van der Waals surface area contributed by atoms with Gasteiger partial charge in [0.2, 0.25) is 0 Å². The molecule has 4 heteroatoms. The minimum absolute atomic E-state index is 0.163. The van der Waals surface area contributed by atoms with E-state index in [9.17, 15) is 9.59 Å². The van der Waals surface area contributed by atoms with Gasteiger partial charge in [-0.2, -0.15) is 0 Å².